The average Bonchev–Trinajstić information content (AvgIpc) is 2.79. The first-order valence-electron chi connectivity index (χ1n) is 7.66. The lowest BCUT2D eigenvalue weighted by Crippen LogP contribution is -2.14. The molecule has 0 unspecified atom stereocenters. The number of ether oxygens (including phenoxy) is 1. The van der Waals surface area contributed by atoms with Crippen molar-refractivity contribution in [3.05, 3.63) is 52.6 Å². The monoisotopic (exact) mass is 298 g/mol. The van der Waals surface area contributed by atoms with Crippen LogP contribution in [0, 0.1) is 19.7 Å². The Labute approximate surface area is 129 Å². The van der Waals surface area contributed by atoms with Gasteiger partial charge in [-0.15, -0.1) is 0 Å². The number of hydrogen-bond donors (Lipinski definition) is 0. The van der Waals surface area contributed by atoms with Gasteiger partial charge in [-0.05, 0) is 44.2 Å². The molecule has 4 heteroatoms. The summed E-state index contributed by atoms with van der Waals surface area (Å²) in [6.07, 6.45) is 1.89. The van der Waals surface area contributed by atoms with Crippen molar-refractivity contribution in [2.75, 3.05) is 20.1 Å². The molecule has 1 aromatic carbocycles. The van der Waals surface area contributed by atoms with Gasteiger partial charge in [0.1, 0.15) is 17.3 Å². The van der Waals surface area contributed by atoms with Crippen molar-refractivity contribution in [3.63, 3.8) is 0 Å². The summed E-state index contributed by atoms with van der Waals surface area (Å²) in [4.78, 5) is 6.95. The summed E-state index contributed by atoms with van der Waals surface area (Å²) in [5.41, 5.74) is 3.82. The lowest BCUT2D eigenvalue weighted by molar-refractivity contribution is 0.399. The molecule has 3 heterocycles. The van der Waals surface area contributed by atoms with E-state index in [0.29, 0.717) is 23.1 Å². The van der Waals surface area contributed by atoms with E-state index in [1.54, 1.807) is 0 Å². The Kier molecular flexibility index (Phi) is 2.98. The van der Waals surface area contributed by atoms with E-state index in [-0.39, 0.29) is 5.82 Å². The summed E-state index contributed by atoms with van der Waals surface area (Å²) in [5, 5.41) is 0. The minimum absolute atomic E-state index is 0.217. The van der Waals surface area contributed by atoms with Crippen molar-refractivity contribution in [3.8, 4) is 11.5 Å². The number of aromatic nitrogens is 1. The summed E-state index contributed by atoms with van der Waals surface area (Å²) < 4.78 is 20.1. The number of likely N-dealkylation sites (N-methyl/N-ethyl adjacent to an activating group) is 1. The quantitative estimate of drug-likeness (QED) is 0.740. The number of nitrogens with zero attached hydrogens (tertiary/aromatic N) is 2. The highest BCUT2D eigenvalue weighted by Crippen LogP contribution is 2.49. The first-order chi connectivity index (χ1) is 10.5. The van der Waals surface area contributed by atoms with Gasteiger partial charge in [0.2, 0.25) is 0 Å². The van der Waals surface area contributed by atoms with Gasteiger partial charge >= 0.3 is 0 Å². The normalized spacial score (nSPS) is 23.3. The predicted octanol–water partition coefficient (Wildman–Crippen LogP) is 3.76. The van der Waals surface area contributed by atoms with Crippen LogP contribution in [0.2, 0.25) is 0 Å². The van der Waals surface area contributed by atoms with Gasteiger partial charge in [-0.3, -0.25) is 4.98 Å². The van der Waals surface area contributed by atoms with Crippen molar-refractivity contribution in [1.29, 1.82) is 0 Å². The Morgan fingerprint density at radius 2 is 1.91 bits per heavy atom. The van der Waals surface area contributed by atoms with Crippen molar-refractivity contribution in [2.24, 2.45) is 0 Å². The SMILES string of the molecule is Cc1cnc2c(c1)Oc1cc(F)c(C)cc1[C@@H]1CN(C)C[C@H]21. The standard InChI is InChI=1S/C18H19FN2O/c1-10-4-17-18(20-7-10)14-9-21(3)8-13(14)12-5-11(2)15(19)6-16(12)22-17/h4-7,13-14H,8-9H2,1-3H3/t13-,14-/m0/s1. The summed E-state index contributed by atoms with van der Waals surface area (Å²) in [6.45, 7) is 5.70. The zero-order valence-electron chi connectivity index (χ0n) is 13.1. The van der Waals surface area contributed by atoms with Crippen LogP contribution in [0.1, 0.15) is 34.2 Å². The molecule has 0 N–H and O–H groups in total. The second-order valence-corrected chi connectivity index (χ2v) is 6.57. The second kappa shape index (κ2) is 4.78. The fraction of sp³-hybridized carbons (Fsp3) is 0.389. The van der Waals surface area contributed by atoms with Gasteiger partial charge in [-0.1, -0.05) is 0 Å². The molecule has 0 saturated carbocycles. The van der Waals surface area contributed by atoms with Crippen molar-refractivity contribution in [2.45, 2.75) is 25.7 Å². The lowest BCUT2D eigenvalue weighted by atomic mass is 9.86. The zero-order valence-corrected chi connectivity index (χ0v) is 13.1. The molecule has 4 rings (SSSR count). The Bertz CT molecular complexity index is 759. The molecule has 1 fully saturated rings. The van der Waals surface area contributed by atoms with Crippen molar-refractivity contribution >= 4 is 0 Å². The third-order valence-electron chi connectivity index (χ3n) is 4.78. The van der Waals surface area contributed by atoms with Crippen molar-refractivity contribution < 1.29 is 9.13 Å². The van der Waals surface area contributed by atoms with Crippen LogP contribution in [-0.2, 0) is 0 Å². The van der Waals surface area contributed by atoms with E-state index in [1.807, 2.05) is 32.2 Å². The van der Waals surface area contributed by atoms with E-state index >= 15 is 0 Å². The van der Waals surface area contributed by atoms with Gasteiger partial charge in [-0.25, -0.2) is 4.39 Å². The number of pyridine rings is 1. The number of aryl methyl sites for hydroxylation is 2. The molecule has 2 aliphatic rings. The molecule has 22 heavy (non-hydrogen) atoms. The summed E-state index contributed by atoms with van der Waals surface area (Å²) in [7, 11) is 2.12. The van der Waals surface area contributed by atoms with E-state index in [9.17, 15) is 4.39 Å². The molecule has 0 aliphatic carbocycles. The van der Waals surface area contributed by atoms with E-state index in [1.165, 1.54) is 6.07 Å². The highest BCUT2D eigenvalue weighted by atomic mass is 19.1. The fourth-order valence-corrected chi connectivity index (χ4v) is 3.69. The highest BCUT2D eigenvalue weighted by molar-refractivity contribution is 5.50. The van der Waals surface area contributed by atoms with Crippen LogP contribution in [-0.4, -0.2) is 30.0 Å². The number of rotatable bonds is 0. The van der Waals surface area contributed by atoms with Crippen LogP contribution in [0.15, 0.2) is 24.4 Å². The topological polar surface area (TPSA) is 25.4 Å². The minimum atomic E-state index is -0.217. The lowest BCUT2D eigenvalue weighted by Gasteiger charge is -2.17. The summed E-state index contributed by atoms with van der Waals surface area (Å²) in [5.74, 6) is 1.79. The molecule has 2 atom stereocenters. The molecule has 0 amide bonds. The molecule has 2 aromatic rings. The number of halogens is 1. The Hall–Kier alpha value is -1.94. The maximum Gasteiger partial charge on any atom is 0.149 e. The van der Waals surface area contributed by atoms with Gasteiger partial charge in [0.25, 0.3) is 0 Å². The number of fused-ring (bicyclic) bond motifs is 5. The molecule has 0 radical (unpaired) electrons. The summed E-state index contributed by atoms with van der Waals surface area (Å²) in [6, 6.07) is 5.47. The molecule has 1 saturated heterocycles. The third-order valence-corrected chi connectivity index (χ3v) is 4.78. The maximum absolute atomic E-state index is 14.0. The molecule has 0 bridgehead atoms. The molecule has 1 aromatic heterocycles. The minimum Gasteiger partial charge on any atom is -0.455 e. The molecular formula is C18H19FN2O. The average molecular weight is 298 g/mol. The highest BCUT2D eigenvalue weighted by Gasteiger charge is 2.39. The van der Waals surface area contributed by atoms with Crippen molar-refractivity contribution in [1.82, 2.24) is 9.88 Å². The molecule has 3 nitrogen and oxygen atoms in total. The summed E-state index contributed by atoms with van der Waals surface area (Å²) >= 11 is 0. The fourth-order valence-electron chi connectivity index (χ4n) is 3.69. The Morgan fingerprint density at radius 3 is 2.73 bits per heavy atom. The van der Waals surface area contributed by atoms with Gasteiger partial charge in [0.05, 0.1) is 5.69 Å². The van der Waals surface area contributed by atoms with E-state index in [4.69, 9.17) is 4.74 Å². The molecular weight excluding hydrogens is 279 g/mol. The molecule has 0 spiro atoms. The largest absolute Gasteiger partial charge is 0.455 e. The predicted molar refractivity (Wildman–Crippen MR) is 83.2 cm³/mol. The first kappa shape index (κ1) is 13.7. The first-order valence-corrected chi connectivity index (χ1v) is 7.66. The zero-order chi connectivity index (χ0) is 15.4. The van der Waals surface area contributed by atoms with Gasteiger partial charge in [0, 0.05) is 42.8 Å². The van der Waals surface area contributed by atoms with E-state index in [2.05, 4.69) is 16.9 Å². The van der Waals surface area contributed by atoms with Crippen LogP contribution in [0.4, 0.5) is 4.39 Å². The van der Waals surface area contributed by atoms with Crippen LogP contribution >= 0.6 is 0 Å². The van der Waals surface area contributed by atoms with Crippen LogP contribution in [0.3, 0.4) is 0 Å². The van der Waals surface area contributed by atoms with Gasteiger partial charge in [0.15, 0.2) is 0 Å². The van der Waals surface area contributed by atoms with E-state index < -0.39 is 0 Å². The second-order valence-electron chi connectivity index (χ2n) is 6.57. The smallest absolute Gasteiger partial charge is 0.149 e. The number of hydrogen-bond acceptors (Lipinski definition) is 3. The number of likely N-dealkylation sites (tertiary alicyclic amines) is 1. The van der Waals surface area contributed by atoms with E-state index in [0.717, 1.165) is 35.7 Å². The molecule has 2 aliphatic heterocycles. The van der Waals surface area contributed by atoms with Gasteiger partial charge < -0.3 is 9.64 Å². The molecule has 114 valence electrons. The number of benzene rings is 1. The van der Waals surface area contributed by atoms with Gasteiger partial charge in [-0.2, -0.15) is 0 Å². The van der Waals surface area contributed by atoms with Crippen LogP contribution in [0.5, 0.6) is 11.5 Å². The maximum atomic E-state index is 14.0. The van der Waals surface area contributed by atoms with Crippen LogP contribution < -0.4 is 4.74 Å². The van der Waals surface area contributed by atoms with Crippen LogP contribution in [0.25, 0.3) is 0 Å². The Balaban J connectivity index is 1.95. The third kappa shape index (κ3) is 2.02. The Morgan fingerprint density at radius 1 is 1.14 bits per heavy atom.